The molecule has 0 fully saturated rings. The molecule has 144 valence electrons. The van der Waals surface area contributed by atoms with Gasteiger partial charge in [-0.05, 0) is 65.5 Å². The van der Waals surface area contributed by atoms with Crippen molar-refractivity contribution in [1.82, 2.24) is 10.3 Å². The lowest BCUT2D eigenvalue weighted by atomic mass is 10.1. The monoisotopic (exact) mass is 404 g/mol. The fraction of sp³-hybridized carbons (Fsp3) is 0.0435. The van der Waals surface area contributed by atoms with Crippen LogP contribution in [0.1, 0.15) is 15.9 Å². The highest BCUT2D eigenvalue weighted by Gasteiger charge is 2.11. The number of halogens is 1. The quantitative estimate of drug-likeness (QED) is 0.450. The van der Waals surface area contributed by atoms with E-state index in [1.165, 1.54) is 24.3 Å². The van der Waals surface area contributed by atoms with E-state index in [1.807, 2.05) is 29.0 Å². The first-order valence-corrected chi connectivity index (χ1v) is 9.91. The van der Waals surface area contributed by atoms with Gasteiger partial charge in [-0.3, -0.25) is 9.78 Å². The van der Waals surface area contributed by atoms with Crippen LogP contribution in [0.5, 0.6) is 11.5 Å². The number of nitrogens with zero attached hydrogens (tertiary/aromatic N) is 1. The van der Waals surface area contributed by atoms with Gasteiger partial charge in [0.1, 0.15) is 17.3 Å². The zero-order valence-corrected chi connectivity index (χ0v) is 16.2. The lowest BCUT2D eigenvalue weighted by Gasteiger charge is -2.10. The van der Waals surface area contributed by atoms with E-state index in [1.54, 1.807) is 41.8 Å². The van der Waals surface area contributed by atoms with Crippen LogP contribution in [-0.2, 0) is 6.54 Å². The third kappa shape index (κ3) is 4.67. The van der Waals surface area contributed by atoms with Crippen LogP contribution in [0.2, 0.25) is 0 Å². The maximum Gasteiger partial charge on any atom is 0.251 e. The van der Waals surface area contributed by atoms with Gasteiger partial charge in [0.05, 0.1) is 5.69 Å². The number of benzene rings is 2. The Bertz CT molecular complexity index is 1110. The Morgan fingerprint density at radius 1 is 1.03 bits per heavy atom. The van der Waals surface area contributed by atoms with Gasteiger partial charge >= 0.3 is 0 Å². The summed E-state index contributed by atoms with van der Waals surface area (Å²) in [4.78, 5) is 17.1. The van der Waals surface area contributed by atoms with E-state index in [2.05, 4.69) is 10.3 Å². The summed E-state index contributed by atoms with van der Waals surface area (Å²) in [6, 6.07) is 18.4. The van der Waals surface area contributed by atoms with Gasteiger partial charge in [0, 0.05) is 29.2 Å². The van der Waals surface area contributed by atoms with Gasteiger partial charge in [-0.1, -0.05) is 12.1 Å². The van der Waals surface area contributed by atoms with Crippen LogP contribution in [-0.4, -0.2) is 10.9 Å². The van der Waals surface area contributed by atoms with E-state index < -0.39 is 0 Å². The molecule has 2 aromatic carbocycles. The number of carbonyl (C=O) groups is 1. The Labute approximate surface area is 171 Å². The molecule has 29 heavy (non-hydrogen) atoms. The molecule has 0 spiro atoms. The molecule has 0 saturated carbocycles. The van der Waals surface area contributed by atoms with E-state index in [0.717, 1.165) is 16.8 Å². The lowest BCUT2D eigenvalue weighted by molar-refractivity contribution is 0.0950. The molecular formula is C23H17FN2O2S. The molecule has 0 aliphatic rings. The van der Waals surface area contributed by atoms with E-state index in [9.17, 15) is 9.18 Å². The molecule has 1 N–H and O–H groups in total. The molecule has 1 amide bonds. The molecule has 4 nitrogen and oxygen atoms in total. The Kier molecular flexibility index (Phi) is 5.63. The van der Waals surface area contributed by atoms with Gasteiger partial charge in [0.2, 0.25) is 0 Å². The smallest absolute Gasteiger partial charge is 0.251 e. The molecule has 0 radical (unpaired) electrons. The number of rotatable bonds is 6. The summed E-state index contributed by atoms with van der Waals surface area (Å²) < 4.78 is 18.7. The third-order valence-corrected chi connectivity index (χ3v) is 4.95. The summed E-state index contributed by atoms with van der Waals surface area (Å²) in [7, 11) is 0. The summed E-state index contributed by atoms with van der Waals surface area (Å²) in [6.07, 6.45) is 1.74. The number of hydrogen-bond donors (Lipinski definition) is 1. The first-order chi connectivity index (χ1) is 14.2. The number of ether oxygens (including phenoxy) is 1. The highest BCUT2D eigenvalue weighted by molar-refractivity contribution is 7.08. The topological polar surface area (TPSA) is 51.2 Å². The highest BCUT2D eigenvalue weighted by atomic mass is 32.1. The van der Waals surface area contributed by atoms with Crippen molar-refractivity contribution in [3.63, 3.8) is 0 Å². The summed E-state index contributed by atoms with van der Waals surface area (Å²) in [6.45, 7) is 0.362. The molecule has 2 heterocycles. The van der Waals surface area contributed by atoms with E-state index in [-0.39, 0.29) is 11.7 Å². The number of pyridine rings is 1. The van der Waals surface area contributed by atoms with E-state index in [0.29, 0.717) is 23.6 Å². The minimum absolute atomic E-state index is 0.213. The normalized spacial score (nSPS) is 10.5. The third-order valence-electron chi connectivity index (χ3n) is 4.27. The Morgan fingerprint density at radius 3 is 2.69 bits per heavy atom. The number of hydrogen-bond acceptors (Lipinski definition) is 4. The van der Waals surface area contributed by atoms with Gasteiger partial charge in [-0.2, -0.15) is 11.3 Å². The number of thiophene rings is 1. The predicted molar refractivity (Wildman–Crippen MR) is 112 cm³/mol. The maximum absolute atomic E-state index is 13.0. The summed E-state index contributed by atoms with van der Waals surface area (Å²) in [5, 5.41) is 6.97. The Hall–Kier alpha value is -3.51. The van der Waals surface area contributed by atoms with Crippen molar-refractivity contribution < 1.29 is 13.9 Å². The van der Waals surface area contributed by atoms with Gasteiger partial charge < -0.3 is 10.1 Å². The Balaban J connectivity index is 1.45. The number of carbonyl (C=O) groups excluding carboxylic acids is 1. The van der Waals surface area contributed by atoms with Gasteiger partial charge in [-0.25, -0.2) is 4.39 Å². The molecule has 0 atom stereocenters. The summed E-state index contributed by atoms with van der Waals surface area (Å²) in [5.41, 5.74) is 3.32. The zero-order valence-electron chi connectivity index (χ0n) is 15.3. The number of amides is 1. The average Bonchev–Trinajstić information content (AvgIpc) is 3.29. The fourth-order valence-electron chi connectivity index (χ4n) is 2.86. The lowest BCUT2D eigenvalue weighted by Crippen LogP contribution is -2.23. The summed E-state index contributed by atoms with van der Waals surface area (Å²) >= 11 is 1.61. The van der Waals surface area contributed by atoms with Gasteiger partial charge in [-0.15, -0.1) is 0 Å². The molecule has 0 aliphatic heterocycles. The second-order valence-electron chi connectivity index (χ2n) is 6.29. The molecule has 0 unspecified atom stereocenters. The zero-order chi connectivity index (χ0) is 20.1. The van der Waals surface area contributed by atoms with Crippen molar-refractivity contribution in [2.45, 2.75) is 6.54 Å². The van der Waals surface area contributed by atoms with Crippen LogP contribution in [0.15, 0.2) is 83.7 Å². The minimum atomic E-state index is -0.331. The van der Waals surface area contributed by atoms with Crippen molar-refractivity contribution in [1.29, 1.82) is 0 Å². The van der Waals surface area contributed by atoms with E-state index >= 15 is 0 Å². The first-order valence-electron chi connectivity index (χ1n) is 8.97. The van der Waals surface area contributed by atoms with Crippen molar-refractivity contribution in [2.75, 3.05) is 0 Å². The highest BCUT2D eigenvalue weighted by Crippen LogP contribution is 2.24. The summed E-state index contributed by atoms with van der Waals surface area (Å²) in [5.74, 6) is 0.460. The molecule has 6 heteroatoms. The second kappa shape index (κ2) is 8.67. The SMILES string of the molecule is O=C(NCc1cccnc1-c1ccsc1)c1cccc(Oc2ccc(F)cc2)c1. The fourth-order valence-corrected chi connectivity index (χ4v) is 3.50. The predicted octanol–water partition coefficient (Wildman–Crippen LogP) is 5.67. The molecule has 4 rings (SSSR count). The van der Waals surface area contributed by atoms with Gasteiger partial charge in [0.15, 0.2) is 0 Å². The molecule has 0 saturated heterocycles. The van der Waals surface area contributed by atoms with Crippen molar-refractivity contribution in [3.05, 3.63) is 101 Å². The van der Waals surface area contributed by atoms with E-state index in [4.69, 9.17) is 4.74 Å². The molecule has 4 aromatic rings. The van der Waals surface area contributed by atoms with Crippen LogP contribution in [0, 0.1) is 5.82 Å². The second-order valence-corrected chi connectivity index (χ2v) is 7.07. The maximum atomic E-state index is 13.0. The largest absolute Gasteiger partial charge is 0.457 e. The van der Waals surface area contributed by atoms with Crippen molar-refractivity contribution in [3.8, 4) is 22.8 Å². The average molecular weight is 404 g/mol. The van der Waals surface area contributed by atoms with Crippen LogP contribution in [0.25, 0.3) is 11.3 Å². The number of aromatic nitrogens is 1. The van der Waals surface area contributed by atoms with Crippen LogP contribution in [0.3, 0.4) is 0 Å². The Morgan fingerprint density at radius 2 is 1.90 bits per heavy atom. The first kappa shape index (κ1) is 18.8. The van der Waals surface area contributed by atoms with Crippen LogP contribution >= 0.6 is 11.3 Å². The number of nitrogens with one attached hydrogen (secondary N) is 1. The van der Waals surface area contributed by atoms with Crippen LogP contribution < -0.4 is 10.1 Å². The molecule has 2 aromatic heterocycles. The molecule has 0 aliphatic carbocycles. The standard InChI is InChI=1S/C23H17FN2O2S/c24-19-6-8-20(9-7-19)28-21-5-1-3-16(13-21)23(27)26-14-17-4-2-11-25-22(17)18-10-12-29-15-18/h1-13,15H,14H2,(H,26,27). The van der Waals surface area contributed by atoms with Crippen LogP contribution in [0.4, 0.5) is 4.39 Å². The minimum Gasteiger partial charge on any atom is -0.457 e. The molecule has 0 bridgehead atoms. The van der Waals surface area contributed by atoms with Crippen molar-refractivity contribution in [2.24, 2.45) is 0 Å². The molecular weight excluding hydrogens is 387 g/mol. The van der Waals surface area contributed by atoms with Crippen molar-refractivity contribution >= 4 is 17.2 Å². The van der Waals surface area contributed by atoms with Gasteiger partial charge in [0.25, 0.3) is 5.91 Å².